The van der Waals surface area contributed by atoms with E-state index in [1.54, 1.807) is 12.1 Å². The molecule has 2 rings (SSSR count). The van der Waals surface area contributed by atoms with Gasteiger partial charge in [-0.25, -0.2) is 0 Å². The summed E-state index contributed by atoms with van der Waals surface area (Å²) in [6.45, 7) is 1.30. The number of hydrogen-bond acceptors (Lipinski definition) is 5. The van der Waals surface area contributed by atoms with Crippen molar-refractivity contribution >= 4 is 12.1 Å². The molecule has 0 aliphatic carbocycles. The number of nitrogens with one attached hydrogen (secondary N) is 1. The summed E-state index contributed by atoms with van der Waals surface area (Å²) >= 11 is 0. The van der Waals surface area contributed by atoms with Crippen LogP contribution in [0.2, 0.25) is 0 Å². The summed E-state index contributed by atoms with van der Waals surface area (Å²) in [4.78, 5) is 15.7. The molecule has 0 aromatic carbocycles. The molecule has 0 spiro atoms. The maximum Gasteiger partial charge on any atom is 0.252 e. The highest BCUT2D eigenvalue weighted by Crippen LogP contribution is 2.10. The third-order valence-electron chi connectivity index (χ3n) is 2.75. The van der Waals surface area contributed by atoms with Gasteiger partial charge in [0.15, 0.2) is 0 Å². The van der Waals surface area contributed by atoms with Gasteiger partial charge in [0.2, 0.25) is 0 Å². The van der Waals surface area contributed by atoms with Crippen molar-refractivity contribution < 1.29 is 14.7 Å². The lowest BCUT2D eigenvalue weighted by molar-refractivity contribution is 0.0857. The second-order valence-corrected chi connectivity index (χ2v) is 4.06. The molecule has 6 heteroatoms. The third kappa shape index (κ3) is 3.27. The van der Waals surface area contributed by atoms with Crippen LogP contribution in [-0.4, -0.2) is 41.6 Å². The van der Waals surface area contributed by atoms with Crippen molar-refractivity contribution in [2.24, 2.45) is 5.16 Å². The Morgan fingerprint density at radius 2 is 2.56 bits per heavy atom. The van der Waals surface area contributed by atoms with Crippen LogP contribution < -0.4 is 5.32 Å². The molecule has 96 valence electrons. The van der Waals surface area contributed by atoms with Gasteiger partial charge in [0.05, 0.1) is 23.6 Å². The lowest BCUT2D eigenvalue weighted by Crippen LogP contribution is -2.31. The number of oxime groups is 1. The average molecular weight is 249 g/mol. The van der Waals surface area contributed by atoms with Crippen LogP contribution in [0.3, 0.4) is 0 Å². The highest BCUT2D eigenvalue weighted by molar-refractivity contribution is 5.94. The molecule has 1 amide bonds. The molecule has 0 saturated carbocycles. The second kappa shape index (κ2) is 6.11. The predicted molar refractivity (Wildman–Crippen MR) is 64.9 cm³/mol. The molecular weight excluding hydrogens is 234 g/mol. The Labute approximate surface area is 105 Å². The minimum absolute atomic E-state index is 0.128. The van der Waals surface area contributed by atoms with E-state index < -0.39 is 0 Å². The Balaban J connectivity index is 1.87. The molecule has 1 aliphatic rings. The van der Waals surface area contributed by atoms with Crippen molar-refractivity contribution in [2.75, 3.05) is 13.2 Å². The SMILES string of the molecule is O=C(NC[C@@H]1CCCO1)c1ccc(/C=N\O)nc1. The van der Waals surface area contributed by atoms with Crippen LogP contribution in [0, 0.1) is 0 Å². The van der Waals surface area contributed by atoms with Crippen molar-refractivity contribution in [1.82, 2.24) is 10.3 Å². The highest BCUT2D eigenvalue weighted by Gasteiger charge is 2.16. The number of hydrogen-bond donors (Lipinski definition) is 2. The van der Waals surface area contributed by atoms with E-state index in [2.05, 4.69) is 15.5 Å². The zero-order chi connectivity index (χ0) is 12.8. The number of aromatic nitrogens is 1. The Hall–Kier alpha value is -1.95. The van der Waals surface area contributed by atoms with Gasteiger partial charge in [-0.05, 0) is 25.0 Å². The normalized spacial score (nSPS) is 19.2. The van der Waals surface area contributed by atoms with E-state index in [1.807, 2.05) is 0 Å². The Morgan fingerprint density at radius 1 is 1.67 bits per heavy atom. The molecule has 18 heavy (non-hydrogen) atoms. The van der Waals surface area contributed by atoms with Crippen molar-refractivity contribution in [3.05, 3.63) is 29.6 Å². The first kappa shape index (κ1) is 12.5. The smallest absolute Gasteiger partial charge is 0.252 e. The van der Waals surface area contributed by atoms with Crippen LogP contribution >= 0.6 is 0 Å². The number of carbonyl (C=O) groups is 1. The lowest BCUT2D eigenvalue weighted by Gasteiger charge is -2.10. The van der Waals surface area contributed by atoms with E-state index in [9.17, 15) is 4.79 Å². The minimum Gasteiger partial charge on any atom is -0.411 e. The standard InChI is InChI=1S/C12H15N3O3/c16-12(14-8-11-2-1-5-18-11)9-3-4-10(7-15-17)13-6-9/h3-4,6-7,11,17H,1-2,5,8H2,(H,14,16)/b15-7-/t11-/m0/s1. The summed E-state index contributed by atoms with van der Waals surface area (Å²) in [7, 11) is 0. The molecule has 1 aromatic heterocycles. The molecule has 1 saturated heterocycles. The van der Waals surface area contributed by atoms with Crippen molar-refractivity contribution in [1.29, 1.82) is 0 Å². The largest absolute Gasteiger partial charge is 0.411 e. The van der Waals surface area contributed by atoms with Gasteiger partial charge >= 0.3 is 0 Å². The van der Waals surface area contributed by atoms with E-state index in [0.717, 1.165) is 19.4 Å². The molecule has 0 bridgehead atoms. The van der Waals surface area contributed by atoms with Crippen molar-refractivity contribution in [3.8, 4) is 0 Å². The maximum atomic E-state index is 11.8. The van der Waals surface area contributed by atoms with Gasteiger partial charge < -0.3 is 15.3 Å². The quantitative estimate of drug-likeness (QED) is 0.469. The monoisotopic (exact) mass is 249 g/mol. The fourth-order valence-electron chi connectivity index (χ4n) is 1.79. The minimum atomic E-state index is -0.175. The zero-order valence-electron chi connectivity index (χ0n) is 9.87. The van der Waals surface area contributed by atoms with E-state index in [-0.39, 0.29) is 12.0 Å². The third-order valence-corrected chi connectivity index (χ3v) is 2.75. The van der Waals surface area contributed by atoms with Crippen molar-refractivity contribution in [2.45, 2.75) is 18.9 Å². The van der Waals surface area contributed by atoms with Gasteiger partial charge in [0, 0.05) is 19.3 Å². The van der Waals surface area contributed by atoms with Crippen LogP contribution in [0.15, 0.2) is 23.5 Å². The highest BCUT2D eigenvalue weighted by atomic mass is 16.5. The first-order valence-corrected chi connectivity index (χ1v) is 5.83. The number of pyridine rings is 1. The van der Waals surface area contributed by atoms with Gasteiger partial charge in [-0.15, -0.1) is 0 Å². The number of ether oxygens (including phenoxy) is 1. The first-order chi connectivity index (χ1) is 8.79. The van der Waals surface area contributed by atoms with Crippen molar-refractivity contribution in [3.63, 3.8) is 0 Å². The molecule has 1 aliphatic heterocycles. The topological polar surface area (TPSA) is 83.8 Å². The Bertz CT molecular complexity index is 425. The summed E-state index contributed by atoms with van der Waals surface area (Å²) in [5.74, 6) is -0.175. The molecule has 0 unspecified atom stereocenters. The van der Waals surface area contributed by atoms with E-state index in [0.29, 0.717) is 17.8 Å². The maximum absolute atomic E-state index is 11.8. The second-order valence-electron chi connectivity index (χ2n) is 4.06. The Morgan fingerprint density at radius 3 is 3.17 bits per heavy atom. The summed E-state index contributed by atoms with van der Waals surface area (Å²) in [5, 5.41) is 14.0. The van der Waals surface area contributed by atoms with E-state index in [4.69, 9.17) is 9.94 Å². The van der Waals surface area contributed by atoms with Gasteiger partial charge in [-0.1, -0.05) is 5.16 Å². The first-order valence-electron chi connectivity index (χ1n) is 5.83. The molecule has 1 fully saturated rings. The van der Waals surface area contributed by atoms with Gasteiger partial charge in [0.25, 0.3) is 5.91 Å². The number of nitrogens with zero attached hydrogens (tertiary/aromatic N) is 2. The summed E-state index contributed by atoms with van der Waals surface area (Å²) in [6.07, 6.45) is 4.82. The van der Waals surface area contributed by atoms with Crippen LogP contribution in [-0.2, 0) is 4.74 Å². The fraction of sp³-hybridized carbons (Fsp3) is 0.417. The van der Waals surface area contributed by atoms with Crippen LogP contribution in [0.1, 0.15) is 28.9 Å². The molecular formula is C12H15N3O3. The molecule has 1 aromatic rings. The average Bonchev–Trinajstić information content (AvgIpc) is 2.90. The fourth-order valence-corrected chi connectivity index (χ4v) is 1.79. The molecule has 1 atom stereocenters. The predicted octanol–water partition coefficient (Wildman–Crippen LogP) is 0.798. The summed E-state index contributed by atoms with van der Waals surface area (Å²) in [6, 6.07) is 3.25. The Kier molecular flexibility index (Phi) is 4.25. The van der Waals surface area contributed by atoms with Crippen LogP contribution in [0.5, 0.6) is 0 Å². The van der Waals surface area contributed by atoms with Gasteiger partial charge in [0.1, 0.15) is 0 Å². The zero-order valence-corrected chi connectivity index (χ0v) is 9.87. The number of carbonyl (C=O) groups excluding carboxylic acids is 1. The number of rotatable bonds is 4. The number of amides is 1. The van der Waals surface area contributed by atoms with Gasteiger partial charge in [-0.3, -0.25) is 9.78 Å². The summed E-state index contributed by atoms with van der Waals surface area (Å²) in [5.41, 5.74) is 0.969. The molecule has 0 radical (unpaired) electrons. The molecule has 2 N–H and O–H groups in total. The molecule has 6 nitrogen and oxygen atoms in total. The van der Waals surface area contributed by atoms with Gasteiger partial charge in [-0.2, -0.15) is 0 Å². The van der Waals surface area contributed by atoms with E-state index in [1.165, 1.54) is 12.4 Å². The van der Waals surface area contributed by atoms with E-state index >= 15 is 0 Å². The molecule has 2 heterocycles. The van der Waals surface area contributed by atoms with Crippen LogP contribution in [0.4, 0.5) is 0 Å². The lowest BCUT2D eigenvalue weighted by atomic mass is 10.2. The summed E-state index contributed by atoms with van der Waals surface area (Å²) < 4.78 is 5.41. The van der Waals surface area contributed by atoms with Crippen LogP contribution in [0.25, 0.3) is 0 Å².